The molecule has 0 aromatic heterocycles. The molecular formula is C20H28BrNO4. The lowest BCUT2D eigenvalue weighted by molar-refractivity contribution is -0.158. The molecule has 0 N–H and O–H groups in total. The van der Waals surface area contributed by atoms with Crippen molar-refractivity contribution in [3.8, 4) is 0 Å². The monoisotopic (exact) mass is 425 g/mol. The summed E-state index contributed by atoms with van der Waals surface area (Å²) in [4.78, 5) is 26.8. The van der Waals surface area contributed by atoms with E-state index in [0.29, 0.717) is 39.0 Å². The Morgan fingerprint density at radius 1 is 1.19 bits per heavy atom. The molecule has 1 heterocycles. The fraction of sp³-hybridized carbons (Fsp3) is 0.600. The van der Waals surface area contributed by atoms with Gasteiger partial charge in [0.1, 0.15) is 5.60 Å². The largest absolute Gasteiger partial charge is 0.466 e. The van der Waals surface area contributed by atoms with E-state index in [0.717, 1.165) is 10.0 Å². The van der Waals surface area contributed by atoms with E-state index >= 15 is 0 Å². The highest BCUT2D eigenvalue weighted by atomic mass is 79.9. The van der Waals surface area contributed by atoms with Gasteiger partial charge in [0.2, 0.25) is 0 Å². The SMILES string of the molecule is CCOC(=O)C1(Cc2ccccc2Br)CCN(C(=O)OC(C)(C)C)CC1. The maximum absolute atomic E-state index is 12.8. The van der Waals surface area contributed by atoms with E-state index in [1.165, 1.54) is 0 Å². The summed E-state index contributed by atoms with van der Waals surface area (Å²) in [5.41, 5.74) is -0.0636. The van der Waals surface area contributed by atoms with Crippen LogP contribution in [0.15, 0.2) is 28.7 Å². The maximum Gasteiger partial charge on any atom is 0.410 e. The Labute approximate surface area is 164 Å². The lowest BCUT2D eigenvalue weighted by atomic mass is 9.74. The number of amides is 1. The van der Waals surface area contributed by atoms with Crippen molar-refractivity contribution < 1.29 is 19.1 Å². The minimum absolute atomic E-state index is 0.181. The first kappa shape index (κ1) is 20.7. The van der Waals surface area contributed by atoms with Crippen molar-refractivity contribution >= 4 is 28.0 Å². The zero-order valence-corrected chi connectivity index (χ0v) is 17.6. The number of esters is 1. The van der Waals surface area contributed by atoms with Gasteiger partial charge in [-0.2, -0.15) is 0 Å². The highest BCUT2D eigenvalue weighted by Gasteiger charge is 2.44. The van der Waals surface area contributed by atoms with Crippen molar-refractivity contribution in [1.82, 2.24) is 4.90 Å². The second-order valence-corrected chi connectivity index (χ2v) is 8.59. The number of carbonyl (C=O) groups is 2. The predicted octanol–water partition coefficient (Wildman–Crippen LogP) is 4.57. The molecule has 1 aromatic rings. The molecule has 0 unspecified atom stereocenters. The van der Waals surface area contributed by atoms with E-state index in [-0.39, 0.29) is 12.1 Å². The maximum atomic E-state index is 12.8. The van der Waals surface area contributed by atoms with Gasteiger partial charge < -0.3 is 14.4 Å². The number of rotatable bonds is 4. The molecule has 0 spiro atoms. The average molecular weight is 426 g/mol. The molecule has 26 heavy (non-hydrogen) atoms. The van der Waals surface area contributed by atoms with E-state index in [4.69, 9.17) is 9.47 Å². The molecule has 1 aliphatic rings. The van der Waals surface area contributed by atoms with Crippen LogP contribution in [-0.2, 0) is 20.7 Å². The van der Waals surface area contributed by atoms with E-state index in [2.05, 4.69) is 15.9 Å². The summed E-state index contributed by atoms with van der Waals surface area (Å²) >= 11 is 3.57. The van der Waals surface area contributed by atoms with Gasteiger partial charge in [-0.25, -0.2) is 4.79 Å². The summed E-state index contributed by atoms with van der Waals surface area (Å²) in [5.74, 6) is -0.181. The summed E-state index contributed by atoms with van der Waals surface area (Å²) in [6, 6.07) is 7.92. The van der Waals surface area contributed by atoms with E-state index in [1.807, 2.05) is 52.0 Å². The van der Waals surface area contributed by atoms with Crippen molar-refractivity contribution in [3.05, 3.63) is 34.3 Å². The first-order chi connectivity index (χ1) is 12.2. The molecule has 0 saturated carbocycles. The number of hydrogen-bond acceptors (Lipinski definition) is 4. The van der Waals surface area contributed by atoms with Crippen LogP contribution >= 0.6 is 15.9 Å². The molecule has 0 bridgehead atoms. The van der Waals surface area contributed by atoms with E-state index < -0.39 is 11.0 Å². The van der Waals surface area contributed by atoms with Gasteiger partial charge in [0.25, 0.3) is 0 Å². The van der Waals surface area contributed by atoms with Crippen LogP contribution < -0.4 is 0 Å². The van der Waals surface area contributed by atoms with Crippen molar-refractivity contribution in [1.29, 1.82) is 0 Å². The zero-order chi connectivity index (χ0) is 19.4. The third-order valence-corrected chi connectivity index (χ3v) is 5.34. The minimum atomic E-state index is -0.613. The highest BCUT2D eigenvalue weighted by molar-refractivity contribution is 9.10. The average Bonchev–Trinajstić information content (AvgIpc) is 2.56. The van der Waals surface area contributed by atoms with Gasteiger partial charge in [-0.15, -0.1) is 0 Å². The zero-order valence-electron chi connectivity index (χ0n) is 16.0. The molecule has 2 rings (SSSR count). The topological polar surface area (TPSA) is 55.8 Å². The first-order valence-corrected chi connectivity index (χ1v) is 9.85. The second kappa shape index (κ2) is 8.42. The molecule has 1 aliphatic heterocycles. The van der Waals surface area contributed by atoms with Crippen molar-refractivity contribution in [2.45, 2.75) is 52.6 Å². The molecule has 0 radical (unpaired) electrons. The van der Waals surface area contributed by atoms with Gasteiger partial charge >= 0.3 is 12.1 Å². The van der Waals surface area contributed by atoms with Crippen molar-refractivity contribution in [2.75, 3.05) is 19.7 Å². The third-order valence-electron chi connectivity index (χ3n) is 4.57. The summed E-state index contributed by atoms with van der Waals surface area (Å²) in [6.45, 7) is 8.70. The summed E-state index contributed by atoms with van der Waals surface area (Å²) < 4.78 is 11.8. The quantitative estimate of drug-likeness (QED) is 0.662. The molecular weight excluding hydrogens is 398 g/mol. The number of nitrogens with zero attached hydrogens (tertiary/aromatic N) is 1. The molecule has 6 heteroatoms. The van der Waals surface area contributed by atoms with Crippen molar-refractivity contribution in [3.63, 3.8) is 0 Å². The number of halogens is 1. The first-order valence-electron chi connectivity index (χ1n) is 9.05. The number of ether oxygens (including phenoxy) is 2. The second-order valence-electron chi connectivity index (χ2n) is 7.74. The molecule has 1 aromatic carbocycles. The molecule has 144 valence electrons. The number of piperidine rings is 1. The summed E-state index contributed by atoms with van der Waals surface area (Å²) in [7, 11) is 0. The number of hydrogen-bond donors (Lipinski definition) is 0. The fourth-order valence-corrected chi connectivity index (χ4v) is 3.61. The van der Waals surface area contributed by atoms with Gasteiger partial charge in [0.15, 0.2) is 0 Å². The Balaban J connectivity index is 2.14. The molecule has 1 saturated heterocycles. The molecule has 5 nitrogen and oxygen atoms in total. The Hall–Kier alpha value is -1.56. The normalized spacial score (nSPS) is 16.9. The van der Waals surface area contributed by atoms with Crippen LogP contribution in [0.2, 0.25) is 0 Å². The Morgan fingerprint density at radius 3 is 2.35 bits per heavy atom. The third kappa shape index (κ3) is 5.22. The van der Waals surface area contributed by atoms with Crippen LogP contribution in [0.1, 0.15) is 46.1 Å². The van der Waals surface area contributed by atoms with Gasteiger partial charge in [0, 0.05) is 17.6 Å². The lowest BCUT2D eigenvalue weighted by Crippen LogP contribution is -2.49. The van der Waals surface area contributed by atoms with Crippen LogP contribution in [0.3, 0.4) is 0 Å². The molecule has 0 aliphatic carbocycles. The summed E-state index contributed by atoms with van der Waals surface area (Å²) in [5, 5.41) is 0. The number of carbonyl (C=O) groups excluding carboxylic acids is 2. The Bertz CT molecular complexity index is 645. The van der Waals surface area contributed by atoms with Crippen LogP contribution in [0.5, 0.6) is 0 Å². The fourth-order valence-electron chi connectivity index (χ4n) is 3.19. The minimum Gasteiger partial charge on any atom is -0.466 e. The highest BCUT2D eigenvalue weighted by Crippen LogP contribution is 2.38. The molecule has 0 atom stereocenters. The number of benzene rings is 1. The van der Waals surface area contributed by atoms with Gasteiger partial charge in [-0.3, -0.25) is 4.79 Å². The Kier molecular flexibility index (Phi) is 6.72. The predicted molar refractivity (Wildman–Crippen MR) is 104 cm³/mol. The van der Waals surface area contributed by atoms with E-state index in [1.54, 1.807) is 4.90 Å². The van der Waals surface area contributed by atoms with Gasteiger partial charge in [0.05, 0.1) is 12.0 Å². The molecule has 1 amide bonds. The standard InChI is InChI=1S/C20H28BrNO4/c1-5-25-17(23)20(14-15-8-6-7-9-16(15)21)10-12-22(13-11-20)18(24)26-19(2,3)4/h6-9H,5,10-14H2,1-4H3. The lowest BCUT2D eigenvalue weighted by Gasteiger charge is -2.40. The van der Waals surface area contributed by atoms with Gasteiger partial charge in [-0.1, -0.05) is 34.1 Å². The van der Waals surface area contributed by atoms with Crippen LogP contribution in [-0.4, -0.2) is 42.3 Å². The van der Waals surface area contributed by atoms with Crippen LogP contribution in [0.4, 0.5) is 4.79 Å². The number of likely N-dealkylation sites (tertiary alicyclic amines) is 1. The van der Waals surface area contributed by atoms with Crippen LogP contribution in [0.25, 0.3) is 0 Å². The van der Waals surface area contributed by atoms with Gasteiger partial charge in [-0.05, 0) is 58.6 Å². The van der Waals surface area contributed by atoms with Crippen molar-refractivity contribution in [2.24, 2.45) is 5.41 Å². The van der Waals surface area contributed by atoms with Crippen LogP contribution in [0, 0.1) is 5.41 Å². The Morgan fingerprint density at radius 2 is 1.81 bits per heavy atom. The summed E-state index contributed by atoms with van der Waals surface area (Å²) in [6.07, 6.45) is 1.39. The molecule has 1 fully saturated rings. The van der Waals surface area contributed by atoms with E-state index in [9.17, 15) is 9.59 Å². The smallest absolute Gasteiger partial charge is 0.410 e.